The average molecular weight is 476 g/mol. The molecule has 4 aromatic carbocycles. The number of benzene rings is 4. The van der Waals surface area contributed by atoms with E-state index in [9.17, 15) is 30.7 Å². The van der Waals surface area contributed by atoms with E-state index in [-0.39, 0.29) is 16.7 Å². The molecule has 0 aliphatic rings. The van der Waals surface area contributed by atoms with Crippen LogP contribution in [0.3, 0.4) is 0 Å². The van der Waals surface area contributed by atoms with Crippen molar-refractivity contribution in [3.63, 3.8) is 0 Å². The van der Waals surface area contributed by atoms with Crippen LogP contribution < -0.4 is 4.74 Å². The molecule has 0 spiro atoms. The van der Waals surface area contributed by atoms with E-state index in [2.05, 4.69) is 4.74 Å². The Hall–Kier alpha value is -3.81. The van der Waals surface area contributed by atoms with Crippen LogP contribution in [-0.4, -0.2) is 0 Å². The lowest BCUT2D eigenvalue weighted by molar-refractivity contribution is -0.187. The van der Waals surface area contributed by atoms with Gasteiger partial charge in [-0.15, -0.1) is 0 Å². The predicted molar refractivity (Wildman–Crippen MR) is 113 cm³/mol. The van der Waals surface area contributed by atoms with Crippen molar-refractivity contribution in [2.24, 2.45) is 0 Å². The fraction of sp³-hybridized carbons (Fsp3) is 0.0769. The van der Waals surface area contributed by atoms with Crippen molar-refractivity contribution >= 4 is 0 Å². The molecule has 0 saturated carbocycles. The summed E-state index contributed by atoms with van der Waals surface area (Å²) in [5.74, 6) is -7.40. The van der Waals surface area contributed by atoms with Crippen molar-refractivity contribution in [2.75, 3.05) is 0 Å². The number of rotatable bonds is 5. The van der Waals surface area contributed by atoms with E-state index in [0.29, 0.717) is 0 Å². The van der Waals surface area contributed by atoms with Crippen LogP contribution in [0.5, 0.6) is 5.75 Å². The summed E-state index contributed by atoms with van der Waals surface area (Å²) in [7, 11) is 0. The third-order valence-corrected chi connectivity index (χ3v) is 5.18. The molecule has 0 aromatic heterocycles. The summed E-state index contributed by atoms with van der Waals surface area (Å²) >= 11 is 0. The summed E-state index contributed by atoms with van der Waals surface area (Å²) in [6.07, 6.45) is -3.93. The summed E-state index contributed by atoms with van der Waals surface area (Å²) < 4.78 is 104. The van der Waals surface area contributed by atoms with Crippen LogP contribution in [0.1, 0.15) is 11.1 Å². The Morgan fingerprint density at radius 1 is 0.588 bits per heavy atom. The normalized spacial score (nSPS) is 11.5. The molecule has 0 aliphatic carbocycles. The van der Waals surface area contributed by atoms with Crippen LogP contribution in [0, 0.1) is 36.0 Å². The number of alkyl halides is 2. The summed E-state index contributed by atoms with van der Waals surface area (Å²) in [5, 5.41) is 0. The number of hydrogen-bond acceptors (Lipinski definition) is 1. The van der Waals surface area contributed by atoms with Gasteiger partial charge in [0.05, 0.1) is 5.56 Å². The quantitative estimate of drug-likeness (QED) is 0.264. The largest absolute Gasteiger partial charge is 0.426 e. The fourth-order valence-electron chi connectivity index (χ4n) is 3.36. The Balaban J connectivity index is 1.65. The zero-order chi connectivity index (χ0) is 24.6. The van der Waals surface area contributed by atoms with Crippen molar-refractivity contribution in [2.45, 2.75) is 13.0 Å². The third-order valence-electron chi connectivity index (χ3n) is 5.18. The Morgan fingerprint density at radius 3 is 1.82 bits per heavy atom. The molecule has 174 valence electrons. The van der Waals surface area contributed by atoms with Crippen molar-refractivity contribution in [1.82, 2.24) is 0 Å². The summed E-state index contributed by atoms with van der Waals surface area (Å²) in [5.41, 5.74) is -0.380. The molecule has 8 heteroatoms. The maximum absolute atomic E-state index is 14.7. The molecule has 0 atom stereocenters. The van der Waals surface area contributed by atoms with E-state index in [4.69, 9.17) is 0 Å². The molecule has 4 aromatic rings. The minimum absolute atomic E-state index is 0.0386. The smallest absolute Gasteiger partial charge is 0.426 e. The number of hydrogen-bond donors (Lipinski definition) is 0. The zero-order valence-corrected chi connectivity index (χ0v) is 17.5. The first-order valence-electron chi connectivity index (χ1n) is 9.94. The first-order chi connectivity index (χ1) is 16.1. The van der Waals surface area contributed by atoms with E-state index >= 15 is 0 Å². The van der Waals surface area contributed by atoms with Gasteiger partial charge in [-0.05, 0) is 60.5 Å². The molecule has 0 amide bonds. The second-order valence-electron chi connectivity index (χ2n) is 7.55. The van der Waals surface area contributed by atoms with Crippen molar-refractivity contribution in [3.8, 4) is 28.0 Å². The first-order valence-corrected chi connectivity index (χ1v) is 9.94. The van der Waals surface area contributed by atoms with Crippen molar-refractivity contribution < 1.29 is 35.5 Å². The number of halogens is 7. The second kappa shape index (κ2) is 8.85. The van der Waals surface area contributed by atoms with E-state index in [1.807, 2.05) is 0 Å². The lowest BCUT2D eigenvalue weighted by Crippen LogP contribution is -2.22. The highest BCUT2D eigenvalue weighted by Crippen LogP contribution is 2.37. The van der Waals surface area contributed by atoms with Gasteiger partial charge in [0.2, 0.25) is 5.82 Å². The van der Waals surface area contributed by atoms with Crippen LogP contribution in [0.2, 0.25) is 0 Å². The second-order valence-corrected chi connectivity index (χ2v) is 7.55. The number of ether oxygens (including phenoxy) is 1. The van der Waals surface area contributed by atoms with Crippen LogP contribution in [0.15, 0.2) is 72.8 Å². The molecular weight excluding hydrogens is 461 g/mol. The third kappa shape index (κ3) is 4.48. The maximum atomic E-state index is 14.7. The highest BCUT2D eigenvalue weighted by atomic mass is 19.3. The minimum Gasteiger partial charge on any atom is -0.426 e. The lowest BCUT2D eigenvalue weighted by Gasteiger charge is -2.19. The Labute approximate surface area is 190 Å². The van der Waals surface area contributed by atoms with Crippen molar-refractivity contribution in [3.05, 3.63) is 113 Å². The van der Waals surface area contributed by atoms with Gasteiger partial charge in [-0.25, -0.2) is 17.6 Å². The molecular formula is C26H15F7O. The molecule has 0 unspecified atom stereocenters. The fourth-order valence-corrected chi connectivity index (χ4v) is 3.36. The van der Waals surface area contributed by atoms with Gasteiger partial charge in [0.15, 0.2) is 23.2 Å². The summed E-state index contributed by atoms with van der Waals surface area (Å²) in [6.45, 7) is 1.70. The Kier molecular flexibility index (Phi) is 6.08. The van der Waals surface area contributed by atoms with Gasteiger partial charge < -0.3 is 4.74 Å². The highest BCUT2D eigenvalue weighted by molar-refractivity contribution is 5.72. The van der Waals surface area contributed by atoms with E-state index in [1.54, 1.807) is 6.92 Å². The Morgan fingerprint density at radius 2 is 1.18 bits per heavy atom. The van der Waals surface area contributed by atoms with E-state index in [1.165, 1.54) is 24.3 Å². The van der Waals surface area contributed by atoms with Gasteiger partial charge in [-0.1, -0.05) is 35.9 Å². The maximum Gasteiger partial charge on any atom is 0.426 e. The molecule has 1 nitrogen and oxygen atoms in total. The molecule has 0 saturated heterocycles. The zero-order valence-electron chi connectivity index (χ0n) is 17.5. The van der Waals surface area contributed by atoms with Crippen LogP contribution in [0.4, 0.5) is 30.7 Å². The van der Waals surface area contributed by atoms with E-state index < -0.39 is 52.1 Å². The summed E-state index contributed by atoms with van der Waals surface area (Å²) in [4.78, 5) is 0. The van der Waals surface area contributed by atoms with Gasteiger partial charge in [0.25, 0.3) is 0 Å². The monoisotopic (exact) mass is 476 g/mol. The van der Waals surface area contributed by atoms with Gasteiger partial charge in [-0.3, -0.25) is 0 Å². The SMILES string of the molecule is Cc1ccc(C(F)(F)Oc2ccc(-c3ccc(-c4ccc(F)c(F)c4)c(F)c3)c(F)c2F)cc1. The van der Waals surface area contributed by atoms with Crippen LogP contribution in [0.25, 0.3) is 22.3 Å². The highest BCUT2D eigenvalue weighted by Gasteiger charge is 2.36. The molecule has 0 N–H and O–H groups in total. The molecule has 4 rings (SSSR count). The standard InChI is InChI=1S/C26H15F7O/c1-14-2-6-17(7-3-14)26(32,33)34-23-11-9-19(24(30)25(23)31)16-4-8-18(21(28)12-16)15-5-10-20(27)22(29)13-15/h2-13H,1H3. The predicted octanol–water partition coefficient (Wildman–Crippen LogP) is 8.15. The molecule has 0 bridgehead atoms. The molecule has 0 fully saturated rings. The molecule has 34 heavy (non-hydrogen) atoms. The van der Waals surface area contributed by atoms with Gasteiger partial charge in [-0.2, -0.15) is 13.2 Å². The van der Waals surface area contributed by atoms with Crippen LogP contribution >= 0.6 is 0 Å². The van der Waals surface area contributed by atoms with Gasteiger partial charge >= 0.3 is 6.11 Å². The van der Waals surface area contributed by atoms with Crippen LogP contribution in [-0.2, 0) is 6.11 Å². The lowest BCUT2D eigenvalue weighted by atomic mass is 9.99. The van der Waals surface area contributed by atoms with Gasteiger partial charge in [0, 0.05) is 11.1 Å². The summed E-state index contributed by atoms with van der Waals surface area (Å²) in [6, 6.07) is 12.9. The minimum atomic E-state index is -3.93. The average Bonchev–Trinajstić information content (AvgIpc) is 2.79. The number of aryl methyl sites for hydroxylation is 1. The Bertz CT molecular complexity index is 1360. The van der Waals surface area contributed by atoms with Crippen molar-refractivity contribution in [1.29, 1.82) is 0 Å². The molecule has 0 aliphatic heterocycles. The molecule has 0 radical (unpaired) electrons. The first kappa shape index (κ1) is 23.4. The topological polar surface area (TPSA) is 9.23 Å². The van der Waals surface area contributed by atoms with E-state index in [0.717, 1.165) is 54.1 Å². The van der Waals surface area contributed by atoms with Gasteiger partial charge in [0.1, 0.15) is 5.82 Å². The molecule has 0 heterocycles.